The van der Waals surface area contributed by atoms with Crippen molar-refractivity contribution in [1.82, 2.24) is 20.3 Å². The molecule has 1 aliphatic rings. The van der Waals surface area contributed by atoms with E-state index in [9.17, 15) is 9.18 Å². The predicted molar refractivity (Wildman–Crippen MR) is 121 cm³/mol. The molecule has 0 bridgehead atoms. The van der Waals surface area contributed by atoms with Gasteiger partial charge in [0.25, 0.3) is 5.91 Å². The summed E-state index contributed by atoms with van der Waals surface area (Å²) in [5.74, 6) is -0.122. The Morgan fingerprint density at radius 1 is 0.970 bits per heavy atom. The van der Waals surface area contributed by atoms with Gasteiger partial charge >= 0.3 is 0 Å². The highest BCUT2D eigenvalue weighted by atomic mass is 35.5. The molecule has 1 amide bonds. The normalized spacial score (nSPS) is 17.0. The highest BCUT2D eigenvalue weighted by Crippen LogP contribution is 2.41. The number of benzene rings is 2. The molecule has 4 aromatic rings. The van der Waals surface area contributed by atoms with Gasteiger partial charge in [-0.15, -0.1) is 0 Å². The van der Waals surface area contributed by atoms with Crippen LogP contribution in [-0.2, 0) is 5.54 Å². The quantitative estimate of drug-likeness (QED) is 0.443. The van der Waals surface area contributed by atoms with Gasteiger partial charge in [0.2, 0.25) is 5.28 Å². The highest BCUT2D eigenvalue weighted by Gasteiger charge is 2.42. The van der Waals surface area contributed by atoms with Crippen molar-refractivity contribution in [2.45, 2.75) is 12.0 Å². The van der Waals surface area contributed by atoms with Crippen LogP contribution in [0.1, 0.15) is 28.0 Å². The standard InChI is InChI=1S/C25H18ClFN4O2/c26-24-29-14-18(15-30-24)16-3-7-19(8-4-16)25(11-13-33-21-2-1-12-28-22(21)25)31-23(32)17-5-9-20(27)10-6-17/h1-10,12,14-15H,11,13H2,(H,31,32)/t25-/m0/s1. The fourth-order valence-electron chi connectivity index (χ4n) is 4.01. The van der Waals surface area contributed by atoms with E-state index in [2.05, 4.69) is 20.3 Å². The number of fused-ring (bicyclic) bond motifs is 1. The summed E-state index contributed by atoms with van der Waals surface area (Å²) in [6.45, 7) is 0.398. The van der Waals surface area contributed by atoms with Crippen LogP contribution in [0.3, 0.4) is 0 Å². The fourth-order valence-corrected chi connectivity index (χ4v) is 4.11. The maximum Gasteiger partial charge on any atom is 0.252 e. The lowest BCUT2D eigenvalue weighted by Gasteiger charge is -2.39. The number of aromatic nitrogens is 3. The number of hydrogen-bond donors (Lipinski definition) is 1. The zero-order chi connectivity index (χ0) is 22.8. The first-order valence-electron chi connectivity index (χ1n) is 10.3. The Balaban J connectivity index is 1.57. The molecule has 5 rings (SSSR count). The molecular weight excluding hydrogens is 443 g/mol. The van der Waals surface area contributed by atoms with Gasteiger partial charge in [0.1, 0.15) is 22.8 Å². The second kappa shape index (κ2) is 8.60. The van der Waals surface area contributed by atoms with E-state index in [0.29, 0.717) is 30.0 Å². The minimum Gasteiger partial charge on any atom is -0.491 e. The van der Waals surface area contributed by atoms with Gasteiger partial charge in [-0.1, -0.05) is 24.3 Å². The van der Waals surface area contributed by atoms with Crippen molar-refractivity contribution in [3.05, 3.63) is 107 Å². The van der Waals surface area contributed by atoms with E-state index in [1.807, 2.05) is 30.3 Å². The maximum absolute atomic E-state index is 13.4. The van der Waals surface area contributed by atoms with Gasteiger partial charge in [-0.3, -0.25) is 9.78 Å². The summed E-state index contributed by atoms with van der Waals surface area (Å²) in [4.78, 5) is 25.8. The summed E-state index contributed by atoms with van der Waals surface area (Å²) in [5.41, 5.74) is 2.63. The smallest absolute Gasteiger partial charge is 0.252 e. The van der Waals surface area contributed by atoms with Gasteiger partial charge in [-0.05, 0) is 59.1 Å². The Labute approximate surface area is 194 Å². The van der Waals surface area contributed by atoms with Crippen LogP contribution in [0.2, 0.25) is 5.28 Å². The molecule has 33 heavy (non-hydrogen) atoms. The molecule has 0 aliphatic carbocycles. The molecule has 0 saturated heterocycles. The SMILES string of the molecule is O=C(N[C@]1(c2ccc(-c3cnc(Cl)nc3)cc2)CCOc2cccnc21)c1ccc(F)cc1. The monoisotopic (exact) mass is 460 g/mol. The third-order valence-corrected chi connectivity index (χ3v) is 5.87. The van der Waals surface area contributed by atoms with Crippen LogP contribution in [0.25, 0.3) is 11.1 Å². The molecule has 0 fully saturated rings. The molecule has 1 N–H and O–H groups in total. The van der Waals surface area contributed by atoms with Crippen molar-refractivity contribution in [2.75, 3.05) is 6.61 Å². The summed E-state index contributed by atoms with van der Waals surface area (Å²) in [6, 6.07) is 16.8. The number of carbonyl (C=O) groups excluding carboxylic acids is 1. The summed E-state index contributed by atoms with van der Waals surface area (Å²) in [5, 5.41) is 3.34. The van der Waals surface area contributed by atoms with E-state index in [1.54, 1.807) is 24.7 Å². The number of halogens is 2. The number of rotatable bonds is 4. The first-order chi connectivity index (χ1) is 16.0. The van der Waals surface area contributed by atoms with Crippen LogP contribution < -0.4 is 10.1 Å². The largest absolute Gasteiger partial charge is 0.491 e. The van der Waals surface area contributed by atoms with Gasteiger partial charge in [0.15, 0.2) is 0 Å². The van der Waals surface area contributed by atoms with Crippen LogP contribution in [0.5, 0.6) is 5.75 Å². The Bertz CT molecular complexity index is 1300. The summed E-state index contributed by atoms with van der Waals surface area (Å²) in [6.07, 6.45) is 5.46. The first-order valence-corrected chi connectivity index (χ1v) is 10.7. The average molecular weight is 461 g/mol. The summed E-state index contributed by atoms with van der Waals surface area (Å²) < 4.78 is 19.2. The van der Waals surface area contributed by atoms with Gasteiger partial charge in [-0.25, -0.2) is 14.4 Å². The Hall–Kier alpha value is -3.84. The molecule has 6 nitrogen and oxygen atoms in total. The van der Waals surface area contributed by atoms with Crippen LogP contribution in [0, 0.1) is 5.82 Å². The molecule has 2 aromatic heterocycles. The van der Waals surface area contributed by atoms with Crippen LogP contribution in [0.15, 0.2) is 79.3 Å². The predicted octanol–water partition coefficient (Wildman–Crippen LogP) is 4.79. The van der Waals surface area contributed by atoms with E-state index in [-0.39, 0.29) is 11.2 Å². The molecule has 0 unspecified atom stereocenters. The van der Waals surface area contributed by atoms with Gasteiger partial charge in [-0.2, -0.15) is 0 Å². The Kier molecular flexibility index (Phi) is 5.48. The number of nitrogens with zero attached hydrogens (tertiary/aromatic N) is 3. The van der Waals surface area contributed by atoms with E-state index < -0.39 is 11.4 Å². The number of carbonyl (C=O) groups is 1. The lowest BCUT2D eigenvalue weighted by molar-refractivity contribution is 0.0883. The third kappa shape index (κ3) is 4.03. The topological polar surface area (TPSA) is 77.0 Å². The lowest BCUT2D eigenvalue weighted by atomic mass is 9.80. The van der Waals surface area contributed by atoms with E-state index in [1.165, 1.54) is 24.3 Å². The number of nitrogens with one attached hydrogen (secondary N) is 1. The number of pyridine rings is 1. The van der Waals surface area contributed by atoms with Crippen molar-refractivity contribution in [3.63, 3.8) is 0 Å². The minimum absolute atomic E-state index is 0.183. The molecule has 164 valence electrons. The Morgan fingerprint density at radius 3 is 2.42 bits per heavy atom. The summed E-state index contributed by atoms with van der Waals surface area (Å²) >= 11 is 5.80. The van der Waals surface area contributed by atoms with Crippen molar-refractivity contribution < 1.29 is 13.9 Å². The zero-order valence-electron chi connectivity index (χ0n) is 17.3. The molecule has 0 saturated carbocycles. The molecule has 1 atom stereocenters. The van der Waals surface area contributed by atoms with Gasteiger partial charge in [0.05, 0.1) is 6.61 Å². The molecule has 3 heterocycles. The van der Waals surface area contributed by atoms with Crippen molar-refractivity contribution in [2.24, 2.45) is 0 Å². The van der Waals surface area contributed by atoms with Crippen molar-refractivity contribution in [1.29, 1.82) is 0 Å². The van der Waals surface area contributed by atoms with E-state index in [0.717, 1.165) is 16.7 Å². The van der Waals surface area contributed by atoms with Crippen LogP contribution in [-0.4, -0.2) is 27.5 Å². The number of ether oxygens (including phenoxy) is 1. The highest BCUT2D eigenvalue weighted by molar-refractivity contribution is 6.28. The summed E-state index contributed by atoms with van der Waals surface area (Å²) in [7, 11) is 0. The molecule has 0 radical (unpaired) electrons. The number of hydrogen-bond acceptors (Lipinski definition) is 5. The molecule has 2 aromatic carbocycles. The second-order valence-electron chi connectivity index (χ2n) is 7.63. The van der Waals surface area contributed by atoms with Crippen LogP contribution in [0.4, 0.5) is 4.39 Å². The minimum atomic E-state index is -0.921. The molecule has 1 aliphatic heterocycles. The van der Waals surface area contributed by atoms with E-state index >= 15 is 0 Å². The maximum atomic E-state index is 13.4. The molecular formula is C25H18ClFN4O2. The molecule has 8 heteroatoms. The number of amides is 1. The van der Waals surface area contributed by atoms with Gasteiger partial charge in [0, 0.05) is 36.1 Å². The third-order valence-electron chi connectivity index (χ3n) is 5.67. The lowest BCUT2D eigenvalue weighted by Crippen LogP contribution is -2.50. The average Bonchev–Trinajstić information content (AvgIpc) is 2.85. The van der Waals surface area contributed by atoms with Gasteiger partial charge < -0.3 is 10.1 Å². The molecule has 0 spiro atoms. The Morgan fingerprint density at radius 2 is 1.70 bits per heavy atom. The van der Waals surface area contributed by atoms with Crippen molar-refractivity contribution in [3.8, 4) is 16.9 Å². The second-order valence-corrected chi connectivity index (χ2v) is 7.97. The fraction of sp³-hybridized carbons (Fsp3) is 0.120. The first kappa shape index (κ1) is 21.0. The van der Waals surface area contributed by atoms with Crippen LogP contribution >= 0.6 is 11.6 Å². The van der Waals surface area contributed by atoms with Crippen molar-refractivity contribution >= 4 is 17.5 Å². The van der Waals surface area contributed by atoms with E-state index in [4.69, 9.17) is 16.3 Å². The zero-order valence-corrected chi connectivity index (χ0v) is 18.1.